The molecule has 0 spiro atoms. The van der Waals surface area contributed by atoms with Crippen molar-refractivity contribution in [1.82, 2.24) is 10.9 Å². The molecule has 2 N–H and O–H groups in total. The van der Waals surface area contributed by atoms with Crippen LogP contribution in [0.1, 0.15) is 17.2 Å². The summed E-state index contributed by atoms with van der Waals surface area (Å²) in [6.07, 6.45) is 0.283. The summed E-state index contributed by atoms with van der Waals surface area (Å²) >= 11 is 1.37. The van der Waals surface area contributed by atoms with E-state index in [1.807, 2.05) is 60.7 Å². The Hall–Kier alpha value is -2.32. The maximum absolute atomic E-state index is 12.7. The van der Waals surface area contributed by atoms with Crippen LogP contribution < -0.4 is 10.9 Å². The molecule has 3 rings (SSSR count). The van der Waals surface area contributed by atoms with Crippen molar-refractivity contribution >= 4 is 33.4 Å². The first-order valence-electron chi connectivity index (χ1n) is 8.51. The van der Waals surface area contributed by atoms with E-state index in [2.05, 4.69) is 10.9 Å². The molecule has 2 aromatic rings. The summed E-state index contributed by atoms with van der Waals surface area (Å²) in [7, 11) is -3.16. The Labute approximate surface area is 162 Å². The molecule has 0 unspecified atom stereocenters. The molecule has 1 aliphatic rings. The van der Waals surface area contributed by atoms with Crippen LogP contribution in [0.4, 0.5) is 0 Å². The highest BCUT2D eigenvalue weighted by Gasteiger charge is 2.33. The molecule has 1 fully saturated rings. The van der Waals surface area contributed by atoms with E-state index in [-0.39, 0.29) is 23.8 Å². The van der Waals surface area contributed by atoms with E-state index >= 15 is 0 Å². The fourth-order valence-corrected chi connectivity index (χ4v) is 5.62. The number of amides is 2. The van der Waals surface area contributed by atoms with Crippen LogP contribution in [-0.4, -0.2) is 31.7 Å². The highest BCUT2D eigenvalue weighted by Crippen LogP contribution is 2.35. The summed E-state index contributed by atoms with van der Waals surface area (Å²) in [5.74, 6) is -1.62. The number of rotatable bonds is 5. The topological polar surface area (TPSA) is 92.3 Å². The first-order valence-corrected chi connectivity index (χ1v) is 11.2. The fraction of sp³-hybridized carbons (Fsp3) is 0.263. The van der Waals surface area contributed by atoms with Crippen LogP contribution in [0.25, 0.3) is 0 Å². The maximum atomic E-state index is 12.7. The lowest BCUT2D eigenvalue weighted by atomic mass is 10.1. The van der Waals surface area contributed by atoms with Gasteiger partial charge < -0.3 is 0 Å². The second-order valence-corrected chi connectivity index (χ2v) is 9.71. The van der Waals surface area contributed by atoms with Crippen LogP contribution in [-0.2, 0) is 19.4 Å². The molecule has 0 bridgehead atoms. The Morgan fingerprint density at radius 3 is 2.19 bits per heavy atom. The predicted octanol–water partition coefficient (Wildman–Crippen LogP) is 2.10. The number of carbonyl (C=O) groups is 2. The molecule has 0 aliphatic carbocycles. The Morgan fingerprint density at radius 1 is 0.963 bits per heavy atom. The van der Waals surface area contributed by atoms with Crippen LogP contribution in [0, 0.1) is 5.92 Å². The monoisotopic (exact) mass is 404 g/mol. The van der Waals surface area contributed by atoms with Crippen molar-refractivity contribution in [3.05, 3.63) is 66.2 Å². The molecule has 2 amide bonds. The molecular weight excluding hydrogens is 384 g/mol. The molecule has 27 heavy (non-hydrogen) atoms. The highest BCUT2D eigenvalue weighted by atomic mass is 32.2. The first-order chi connectivity index (χ1) is 12.9. The lowest BCUT2D eigenvalue weighted by Gasteiger charge is -2.18. The third-order valence-corrected chi connectivity index (χ3v) is 7.28. The molecule has 2 atom stereocenters. The van der Waals surface area contributed by atoms with Crippen molar-refractivity contribution in [3.8, 4) is 0 Å². The Balaban J connectivity index is 1.67. The van der Waals surface area contributed by atoms with E-state index in [0.717, 1.165) is 10.5 Å². The summed E-state index contributed by atoms with van der Waals surface area (Å²) in [6.45, 7) is 0. The van der Waals surface area contributed by atoms with E-state index in [1.54, 1.807) is 0 Å². The second-order valence-electron chi connectivity index (χ2n) is 6.30. The van der Waals surface area contributed by atoms with E-state index < -0.39 is 26.9 Å². The molecule has 8 heteroatoms. The van der Waals surface area contributed by atoms with Crippen molar-refractivity contribution < 1.29 is 18.0 Å². The van der Waals surface area contributed by atoms with Crippen LogP contribution in [0.15, 0.2) is 65.6 Å². The number of benzene rings is 2. The Morgan fingerprint density at radius 2 is 1.59 bits per heavy atom. The van der Waals surface area contributed by atoms with Gasteiger partial charge in [-0.1, -0.05) is 48.5 Å². The van der Waals surface area contributed by atoms with E-state index in [9.17, 15) is 18.0 Å². The standard InChI is InChI=1S/C19H20N2O4S2/c22-18(15-11-12-27(24,25)13-15)20-21-19(23)17(14-7-3-1-4-8-14)26-16-9-5-2-6-10-16/h1-10,15,17H,11-13H2,(H,20,22)(H,21,23)/t15-,17-/m0/s1. The average molecular weight is 405 g/mol. The van der Waals surface area contributed by atoms with E-state index in [4.69, 9.17) is 0 Å². The molecule has 1 heterocycles. The number of hydrogen-bond donors (Lipinski definition) is 2. The van der Waals surface area contributed by atoms with Gasteiger partial charge in [0.05, 0.1) is 17.4 Å². The summed E-state index contributed by atoms with van der Waals surface area (Å²) in [4.78, 5) is 25.8. The van der Waals surface area contributed by atoms with E-state index in [0.29, 0.717) is 0 Å². The molecule has 0 aromatic heterocycles. The number of hydrazine groups is 1. The minimum absolute atomic E-state index is 0.00946. The second kappa shape index (κ2) is 8.58. The number of carbonyl (C=O) groups excluding carboxylic acids is 2. The van der Waals surface area contributed by atoms with Gasteiger partial charge in [-0.05, 0) is 24.1 Å². The molecule has 142 valence electrons. The maximum Gasteiger partial charge on any atom is 0.256 e. The number of sulfone groups is 1. The molecule has 1 aliphatic heterocycles. The van der Waals surface area contributed by atoms with Crippen LogP contribution in [0.3, 0.4) is 0 Å². The zero-order valence-corrected chi connectivity index (χ0v) is 16.1. The normalized spacial score (nSPS) is 19.2. The first kappa shape index (κ1) is 19.4. The third-order valence-electron chi connectivity index (χ3n) is 4.25. The van der Waals surface area contributed by atoms with E-state index in [1.165, 1.54) is 11.8 Å². The average Bonchev–Trinajstić information content (AvgIpc) is 3.05. The van der Waals surface area contributed by atoms with Gasteiger partial charge in [0.1, 0.15) is 5.25 Å². The zero-order valence-electron chi connectivity index (χ0n) is 14.5. The predicted molar refractivity (Wildman–Crippen MR) is 105 cm³/mol. The minimum atomic E-state index is -3.16. The van der Waals surface area contributed by atoms with Gasteiger partial charge in [0.15, 0.2) is 9.84 Å². The van der Waals surface area contributed by atoms with Crippen molar-refractivity contribution in [2.45, 2.75) is 16.6 Å². The van der Waals surface area contributed by atoms with Crippen molar-refractivity contribution in [2.75, 3.05) is 11.5 Å². The summed E-state index contributed by atoms with van der Waals surface area (Å²) in [6, 6.07) is 18.8. The smallest absolute Gasteiger partial charge is 0.256 e. The van der Waals surface area contributed by atoms with Crippen LogP contribution >= 0.6 is 11.8 Å². The molecule has 2 aromatic carbocycles. The summed E-state index contributed by atoms with van der Waals surface area (Å²) in [5.41, 5.74) is 5.64. The lowest BCUT2D eigenvalue weighted by Crippen LogP contribution is -2.46. The van der Waals surface area contributed by atoms with Crippen molar-refractivity contribution in [2.24, 2.45) is 5.92 Å². The Kier molecular flexibility index (Phi) is 6.18. The largest absolute Gasteiger partial charge is 0.273 e. The van der Waals surface area contributed by atoms with Gasteiger partial charge in [-0.15, -0.1) is 11.8 Å². The van der Waals surface area contributed by atoms with Gasteiger partial charge in [0.2, 0.25) is 5.91 Å². The van der Waals surface area contributed by atoms with Gasteiger partial charge in [-0.25, -0.2) is 8.42 Å². The minimum Gasteiger partial charge on any atom is -0.273 e. The van der Waals surface area contributed by atoms with Crippen LogP contribution in [0.5, 0.6) is 0 Å². The van der Waals surface area contributed by atoms with Gasteiger partial charge in [-0.3, -0.25) is 20.4 Å². The molecule has 0 saturated carbocycles. The molecular formula is C19H20N2O4S2. The molecule has 6 nitrogen and oxygen atoms in total. The molecule has 0 radical (unpaired) electrons. The van der Waals surface area contributed by atoms with Gasteiger partial charge in [0.25, 0.3) is 5.91 Å². The number of thioether (sulfide) groups is 1. The fourth-order valence-electron chi connectivity index (χ4n) is 2.83. The van der Waals surface area contributed by atoms with Crippen molar-refractivity contribution in [1.29, 1.82) is 0 Å². The summed E-state index contributed by atoms with van der Waals surface area (Å²) in [5, 5.41) is -0.554. The highest BCUT2D eigenvalue weighted by molar-refractivity contribution is 8.00. The number of hydrogen-bond acceptors (Lipinski definition) is 5. The van der Waals surface area contributed by atoms with Crippen molar-refractivity contribution in [3.63, 3.8) is 0 Å². The quantitative estimate of drug-likeness (QED) is 0.588. The van der Waals surface area contributed by atoms with Gasteiger partial charge >= 0.3 is 0 Å². The summed E-state index contributed by atoms with van der Waals surface area (Å²) < 4.78 is 23.0. The SMILES string of the molecule is O=C(NNC(=O)[C@@H](Sc1ccccc1)c1ccccc1)[C@H]1CCS(=O)(=O)C1. The Bertz CT molecular complexity index is 902. The van der Waals surface area contributed by atoms with Crippen LogP contribution in [0.2, 0.25) is 0 Å². The van der Waals surface area contributed by atoms with Gasteiger partial charge in [-0.2, -0.15) is 0 Å². The zero-order chi connectivity index (χ0) is 19.3. The lowest BCUT2D eigenvalue weighted by molar-refractivity contribution is -0.130. The molecule has 1 saturated heterocycles. The third kappa shape index (κ3) is 5.33. The number of nitrogens with one attached hydrogen (secondary N) is 2. The van der Waals surface area contributed by atoms with Gasteiger partial charge in [0, 0.05) is 4.90 Å².